The smallest absolute Gasteiger partial charge is 0.00790 e. The maximum Gasteiger partial charge on any atom is -0.00790 e. The Hall–Kier alpha value is -0.780. The highest BCUT2D eigenvalue weighted by atomic mass is 14.4. The second-order valence-electron chi connectivity index (χ2n) is 2.60. The molecule has 0 amide bonds. The molecule has 0 saturated carbocycles. The van der Waals surface area contributed by atoms with E-state index in [2.05, 4.69) is 12.2 Å². The molecule has 0 nitrogen and oxygen atoms in total. The number of hydrogen-bond acceptors (Lipinski definition) is 0. The van der Waals surface area contributed by atoms with Gasteiger partial charge in [0, 0.05) is 0 Å². The zero-order valence-electron chi connectivity index (χ0n) is 4.57. The van der Waals surface area contributed by atoms with Gasteiger partial charge in [-0.15, -0.1) is 0 Å². The van der Waals surface area contributed by atoms with Crippen LogP contribution in [0.1, 0.15) is 12.8 Å². The molecular formula is C8H6. The number of rotatable bonds is 0. The first-order valence-electron chi connectivity index (χ1n) is 3.10. The second-order valence-corrected chi connectivity index (χ2v) is 2.60. The highest BCUT2D eigenvalue weighted by molar-refractivity contribution is 5.79. The van der Waals surface area contributed by atoms with Crippen molar-refractivity contribution in [2.75, 3.05) is 0 Å². The average molecular weight is 102 g/mol. The van der Waals surface area contributed by atoms with Gasteiger partial charge in [-0.3, -0.25) is 0 Å². The van der Waals surface area contributed by atoms with Gasteiger partial charge in [0.15, 0.2) is 0 Å². The number of allylic oxidation sites excluding steroid dienone is 6. The third-order valence-electron chi connectivity index (χ3n) is 2.33. The van der Waals surface area contributed by atoms with Gasteiger partial charge in [-0.1, -0.05) is 12.2 Å². The summed E-state index contributed by atoms with van der Waals surface area (Å²) in [6.07, 6.45) is 7.19. The molecule has 0 unspecified atom stereocenters. The van der Waals surface area contributed by atoms with Crippen LogP contribution < -0.4 is 0 Å². The number of fused-ring (bicyclic) bond motifs is 2. The highest BCUT2D eigenvalue weighted by Gasteiger charge is 2.36. The Kier molecular flexibility index (Phi) is 0.301. The van der Waals surface area contributed by atoms with Gasteiger partial charge in [-0.05, 0) is 35.1 Å². The maximum absolute atomic E-state index is 2.35. The third-order valence-corrected chi connectivity index (χ3v) is 2.33. The summed E-state index contributed by atoms with van der Waals surface area (Å²) < 4.78 is 0. The molecule has 0 aliphatic heterocycles. The number of hydrogen-bond donors (Lipinski definition) is 0. The van der Waals surface area contributed by atoms with E-state index < -0.39 is 0 Å². The van der Waals surface area contributed by atoms with Crippen molar-refractivity contribution in [3.05, 3.63) is 34.4 Å². The van der Waals surface area contributed by atoms with E-state index in [1.807, 2.05) is 0 Å². The van der Waals surface area contributed by atoms with Crippen molar-refractivity contribution in [3.63, 3.8) is 0 Å². The van der Waals surface area contributed by atoms with E-state index in [4.69, 9.17) is 0 Å². The van der Waals surface area contributed by atoms with E-state index >= 15 is 0 Å². The van der Waals surface area contributed by atoms with Crippen molar-refractivity contribution in [1.82, 2.24) is 0 Å². The second kappa shape index (κ2) is 0.732. The van der Waals surface area contributed by atoms with Crippen molar-refractivity contribution in [2.45, 2.75) is 12.8 Å². The topological polar surface area (TPSA) is 0 Å². The van der Waals surface area contributed by atoms with E-state index in [0.717, 1.165) is 0 Å². The summed E-state index contributed by atoms with van der Waals surface area (Å²) in [6.45, 7) is 0. The Labute approximate surface area is 48.2 Å². The largest absolute Gasteiger partial charge is 0.0719 e. The first-order chi connectivity index (χ1) is 3.97. The van der Waals surface area contributed by atoms with Gasteiger partial charge in [0.05, 0.1) is 0 Å². The summed E-state index contributed by atoms with van der Waals surface area (Å²) in [5.41, 5.74) is 6.47. The zero-order chi connectivity index (χ0) is 5.14. The van der Waals surface area contributed by atoms with Crippen LogP contribution in [0.15, 0.2) is 34.4 Å². The molecule has 0 heteroatoms. The van der Waals surface area contributed by atoms with Gasteiger partial charge in [0.2, 0.25) is 0 Å². The van der Waals surface area contributed by atoms with Crippen LogP contribution in [0.4, 0.5) is 0 Å². The molecule has 0 atom stereocenters. The lowest BCUT2D eigenvalue weighted by Gasteiger charge is -2.13. The van der Waals surface area contributed by atoms with Crippen LogP contribution in [-0.2, 0) is 0 Å². The molecule has 0 fully saturated rings. The lowest BCUT2D eigenvalue weighted by atomic mass is 9.90. The summed E-state index contributed by atoms with van der Waals surface area (Å²) >= 11 is 0. The Morgan fingerprint density at radius 2 is 1.38 bits per heavy atom. The Bertz CT molecular complexity index is 215. The third kappa shape index (κ3) is 0.146. The van der Waals surface area contributed by atoms with Gasteiger partial charge in [0.1, 0.15) is 0 Å². The van der Waals surface area contributed by atoms with Gasteiger partial charge >= 0.3 is 0 Å². The van der Waals surface area contributed by atoms with Gasteiger partial charge in [-0.25, -0.2) is 0 Å². The van der Waals surface area contributed by atoms with E-state index in [0.29, 0.717) is 0 Å². The van der Waals surface area contributed by atoms with Crippen molar-refractivity contribution in [1.29, 1.82) is 0 Å². The summed E-state index contributed by atoms with van der Waals surface area (Å²) in [5, 5.41) is 0. The first kappa shape index (κ1) is 3.29. The van der Waals surface area contributed by atoms with Crippen LogP contribution >= 0.6 is 0 Å². The Morgan fingerprint density at radius 1 is 0.875 bits per heavy atom. The predicted octanol–water partition coefficient (Wildman–Crippen LogP) is 1.96. The van der Waals surface area contributed by atoms with Gasteiger partial charge in [-0.2, -0.15) is 0 Å². The Balaban J connectivity index is 2.53. The average Bonchev–Trinajstić information content (AvgIpc) is 2.39. The predicted molar refractivity (Wildman–Crippen MR) is 32.4 cm³/mol. The highest BCUT2D eigenvalue weighted by Crippen LogP contribution is 2.54. The summed E-state index contributed by atoms with van der Waals surface area (Å²) in [5.74, 6) is 0. The van der Waals surface area contributed by atoms with Crippen LogP contribution in [0.25, 0.3) is 0 Å². The molecule has 0 aromatic rings. The zero-order valence-corrected chi connectivity index (χ0v) is 4.57. The standard InChI is InChI=1S/C8H6/c1-2-6-7-3-4-8(6)5(1)7/h1,3H,2,4H2. The molecule has 8 heavy (non-hydrogen) atoms. The minimum atomic E-state index is 1.25. The lowest BCUT2D eigenvalue weighted by Crippen LogP contribution is -1.95. The van der Waals surface area contributed by atoms with Crippen molar-refractivity contribution in [2.24, 2.45) is 0 Å². The first-order valence-corrected chi connectivity index (χ1v) is 3.10. The normalized spacial score (nSPS) is 28.0. The van der Waals surface area contributed by atoms with Crippen molar-refractivity contribution < 1.29 is 0 Å². The summed E-state index contributed by atoms with van der Waals surface area (Å²) in [7, 11) is 0. The van der Waals surface area contributed by atoms with E-state index in [1.165, 1.54) is 12.8 Å². The molecule has 0 radical (unpaired) electrons. The van der Waals surface area contributed by atoms with E-state index in [-0.39, 0.29) is 0 Å². The molecule has 5 aliphatic rings. The minimum absolute atomic E-state index is 1.25. The summed E-state index contributed by atoms with van der Waals surface area (Å²) in [4.78, 5) is 0. The molecule has 5 aliphatic carbocycles. The quantitative estimate of drug-likeness (QED) is 0.438. The van der Waals surface area contributed by atoms with Crippen LogP contribution in [-0.4, -0.2) is 0 Å². The molecule has 0 saturated heterocycles. The molecule has 38 valence electrons. The van der Waals surface area contributed by atoms with Crippen molar-refractivity contribution in [3.8, 4) is 0 Å². The van der Waals surface area contributed by atoms with E-state index in [9.17, 15) is 0 Å². The minimum Gasteiger partial charge on any atom is -0.0719 e. The molecule has 0 heterocycles. The summed E-state index contributed by atoms with van der Waals surface area (Å²) in [6, 6.07) is 0. The maximum atomic E-state index is 2.35. The van der Waals surface area contributed by atoms with Crippen LogP contribution in [0.5, 0.6) is 0 Å². The van der Waals surface area contributed by atoms with Crippen LogP contribution in [0.3, 0.4) is 0 Å². The molecule has 0 spiro atoms. The molecular weight excluding hydrogens is 96.1 g/mol. The molecule has 0 aromatic heterocycles. The van der Waals surface area contributed by atoms with Gasteiger partial charge in [0.25, 0.3) is 0 Å². The molecule has 5 rings (SSSR count). The fraction of sp³-hybridized carbons (Fsp3) is 0.250. The lowest BCUT2D eigenvalue weighted by molar-refractivity contribution is 1.21. The Morgan fingerprint density at radius 3 is 1.62 bits per heavy atom. The van der Waals surface area contributed by atoms with Crippen LogP contribution in [0, 0.1) is 0 Å². The molecule has 0 N–H and O–H groups in total. The SMILES string of the molecule is C1=C2C3=CCC2=C3C1. The fourth-order valence-electron chi connectivity index (χ4n) is 1.93. The van der Waals surface area contributed by atoms with E-state index in [1.54, 1.807) is 22.3 Å². The molecule has 0 aromatic carbocycles. The van der Waals surface area contributed by atoms with Gasteiger partial charge < -0.3 is 0 Å². The fourth-order valence-corrected chi connectivity index (χ4v) is 1.93. The monoisotopic (exact) mass is 102 g/mol. The van der Waals surface area contributed by atoms with Crippen LogP contribution in [0.2, 0.25) is 0 Å². The van der Waals surface area contributed by atoms with Crippen molar-refractivity contribution >= 4 is 0 Å². The molecule has 4 bridgehead atoms.